The van der Waals surface area contributed by atoms with Gasteiger partial charge in [-0.3, -0.25) is 9.59 Å². The highest BCUT2D eigenvalue weighted by atomic mass is 19.4. The van der Waals surface area contributed by atoms with Crippen LogP contribution >= 0.6 is 0 Å². The van der Waals surface area contributed by atoms with Gasteiger partial charge in [0.25, 0.3) is 11.8 Å². The third-order valence-corrected chi connectivity index (χ3v) is 5.74. The Morgan fingerprint density at radius 2 is 1.76 bits per heavy atom. The Kier molecular flexibility index (Phi) is 6.41. The Morgan fingerprint density at radius 3 is 2.35 bits per heavy atom. The van der Waals surface area contributed by atoms with Crippen molar-refractivity contribution >= 4 is 17.5 Å². The highest BCUT2D eigenvalue weighted by Crippen LogP contribution is 2.42. The number of rotatable bonds is 7. The predicted molar refractivity (Wildman–Crippen MR) is 120 cm³/mol. The molecule has 3 aromatic rings. The average Bonchev–Trinajstić information content (AvgIpc) is 3.57. The summed E-state index contributed by atoms with van der Waals surface area (Å²) in [5.41, 5.74) is 0.941. The monoisotopic (exact) mass is 471 g/mol. The second-order valence-corrected chi connectivity index (χ2v) is 8.07. The molecule has 34 heavy (non-hydrogen) atoms. The number of alkyl halides is 3. The third kappa shape index (κ3) is 4.80. The van der Waals surface area contributed by atoms with E-state index in [1.165, 1.54) is 16.8 Å². The lowest BCUT2D eigenvalue weighted by atomic mass is 10.1. The Hall–Kier alpha value is -3.69. The first-order valence-corrected chi connectivity index (χ1v) is 11.1. The molecule has 7 nitrogen and oxygen atoms in total. The quantitative estimate of drug-likeness (QED) is 0.532. The summed E-state index contributed by atoms with van der Waals surface area (Å²) in [6.45, 7) is 5.00. The van der Waals surface area contributed by atoms with Gasteiger partial charge in [0.1, 0.15) is 0 Å². The highest BCUT2D eigenvalue weighted by molar-refractivity contribution is 6.04. The van der Waals surface area contributed by atoms with Gasteiger partial charge in [-0.15, -0.1) is 5.10 Å². The summed E-state index contributed by atoms with van der Waals surface area (Å²) in [7, 11) is 0. The van der Waals surface area contributed by atoms with E-state index in [0.717, 1.165) is 25.0 Å². The van der Waals surface area contributed by atoms with Crippen molar-refractivity contribution < 1.29 is 22.8 Å². The first kappa shape index (κ1) is 23.5. The van der Waals surface area contributed by atoms with Gasteiger partial charge in [0.15, 0.2) is 5.69 Å². The molecule has 10 heteroatoms. The molecule has 1 N–H and O–H groups in total. The minimum Gasteiger partial charge on any atom is -0.339 e. The third-order valence-electron chi connectivity index (χ3n) is 5.74. The number of halogens is 3. The molecule has 0 spiro atoms. The number of amides is 2. The summed E-state index contributed by atoms with van der Waals surface area (Å²) in [4.78, 5) is 27.1. The van der Waals surface area contributed by atoms with Gasteiger partial charge in [0.2, 0.25) is 0 Å². The fourth-order valence-corrected chi connectivity index (χ4v) is 3.76. The summed E-state index contributed by atoms with van der Waals surface area (Å²) in [6, 6.07) is 11.3. The lowest BCUT2D eigenvalue weighted by Crippen LogP contribution is -2.30. The van der Waals surface area contributed by atoms with Gasteiger partial charge in [0.05, 0.1) is 16.9 Å². The molecule has 2 aromatic carbocycles. The van der Waals surface area contributed by atoms with Crippen LogP contribution in [-0.2, 0) is 6.18 Å². The number of hydrogen-bond acceptors (Lipinski definition) is 4. The fraction of sp³-hybridized carbons (Fsp3) is 0.333. The van der Waals surface area contributed by atoms with Crippen molar-refractivity contribution in [3.05, 3.63) is 71.0 Å². The van der Waals surface area contributed by atoms with Gasteiger partial charge in [0, 0.05) is 30.3 Å². The van der Waals surface area contributed by atoms with Gasteiger partial charge in [-0.2, -0.15) is 13.2 Å². The molecule has 0 unspecified atom stereocenters. The summed E-state index contributed by atoms with van der Waals surface area (Å²) in [6.07, 6.45) is -2.89. The largest absolute Gasteiger partial charge is 0.416 e. The van der Waals surface area contributed by atoms with Gasteiger partial charge >= 0.3 is 6.18 Å². The van der Waals surface area contributed by atoms with Crippen LogP contribution in [0.5, 0.6) is 0 Å². The molecule has 178 valence electrons. The van der Waals surface area contributed by atoms with Crippen molar-refractivity contribution in [2.24, 2.45) is 0 Å². The molecule has 0 saturated heterocycles. The van der Waals surface area contributed by atoms with Crippen molar-refractivity contribution in [1.29, 1.82) is 0 Å². The van der Waals surface area contributed by atoms with Crippen LogP contribution in [0.2, 0.25) is 0 Å². The molecule has 1 fully saturated rings. The number of carbonyl (C=O) groups excluding carboxylic acids is 2. The van der Waals surface area contributed by atoms with Crippen LogP contribution in [0.4, 0.5) is 18.9 Å². The Labute approximate surface area is 194 Å². The maximum atomic E-state index is 13.2. The molecule has 1 aromatic heterocycles. The van der Waals surface area contributed by atoms with E-state index in [2.05, 4.69) is 15.6 Å². The molecule has 1 aliphatic carbocycles. The van der Waals surface area contributed by atoms with E-state index >= 15 is 0 Å². The van der Waals surface area contributed by atoms with Crippen molar-refractivity contribution in [2.75, 3.05) is 18.4 Å². The SMILES string of the molecule is CCN(CC)C(=O)c1ccc(NC(=O)c2nnn(-c3cccc(C(F)(F)F)c3)c2C2CC2)cc1. The maximum Gasteiger partial charge on any atom is 0.416 e. The van der Waals surface area contributed by atoms with Crippen LogP contribution in [0.3, 0.4) is 0 Å². The predicted octanol–water partition coefficient (Wildman–Crippen LogP) is 4.90. The Bertz CT molecular complexity index is 1200. The first-order valence-electron chi connectivity index (χ1n) is 11.1. The second-order valence-electron chi connectivity index (χ2n) is 8.07. The average molecular weight is 471 g/mol. The zero-order valence-electron chi connectivity index (χ0n) is 18.8. The molecule has 1 aliphatic rings. The summed E-state index contributed by atoms with van der Waals surface area (Å²) in [5, 5.41) is 10.7. The summed E-state index contributed by atoms with van der Waals surface area (Å²) < 4.78 is 40.8. The number of aromatic nitrogens is 3. The minimum atomic E-state index is -4.49. The van der Waals surface area contributed by atoms with E-state index in [1.807, 2.05) is 13.8 Å². The van der Waals surface area contributed by atoms with Crippen molar-refractivity contribution in [1.82, 2.24) is 19.9 Å². The van der Waals surface area contributed by atoms with E-state index in [4.69, 9.17) is 0 Å². The normalized spacial score (nSPS) is 13.6. The van der Waals surface area contributed by atoms with Crippen LogP contribution in [0, 0.1) is 0 Å². The summed E-state index contributed by atoms with van der Waals surface area (Å²) >= 11 is 0. The zero-order chi connectivity index (χ0) is 24.5. The van der Waals surface area contributed by atoms with Crippen LogP contribution < -0.4 is 5.32 Å². The van der Waals surface area contributed by atoms with Gasteiger partial charge in [-0.25, -0.2) is 4.68 Å². The van der Waals surface area contributed by atoms with Crippen molar-refractivity contribution in [2.45, 2.75) is 38.8 Å². The van der Waals surface area contributed by atoms with Crippen LogP contribution in [-0.4, -0.2) is 44.8 Å². The van der Waals surface area contributed by atoms with Gasteiger partial charge in [-0.1, -0.05) is 11.3 Å². The Morgan fingerprint density at radius 1 is 1.09 bits per heavy atom. The number of benzene rings is 2. The molecular formula is C24H24F3N5O2. The molecule has 1 heterocycles. The van der Waals surface area contributed by atoms with Gasteiger partial charge in [-0.05, 0) is 69.2 Å². The van der Waals surface area contributed by atoms with Crippen LogP contribution in [0.25, 0.3) is 5.69 Å². The van der Waals surface area contributed by atoms with Crippen molar-refractivity contribution in [3.63, 3.8) is 0 Å². The van der Waals surface area contributed by atoms with Crippen molar-refractivity contribution in [3.8, 4) is 5.69 Å². The van der Waals surface area contributed by atoms with E-state index in [1.54, 1.807) is 29.2 Å². The van der Waals surface area contributed by atoms with E-state index in [-0.39, 0.29) is 23.2 Å². The van der Waals surface area contributed by atoms with Crippen LogP contribution in [0.15, 0.2) is 48.5 Å². The molecule has 0 atom stereocenters. The Balaban J connectivity index is 1.57. The van der Waals surface area contributed by atoms with E-state index < -0.39 is 17.6 Å². The second kappa shape index (κ2) is 9.28. The standard InChI is InChI=1S/C24H24F3N5O2/c1-3-31(4-2)23(34)16-10-12-18(13-11-16)28-22(33)20-21(15-8-9-15)32(30-29-20)19-7-5-6-17(14-19)24(25,26)27/h5-7,10-15H,3-4,8-9H2,1-2H3,(H,28,33). The fourth-order valence-electron chi connectivity index (χ4n) is 3.76. The molecule has 1 saturated carbocycles. The summed E-state index contributed by atoms with van der Waals surface area (Å²) in [5.74, 6) is -0.606. The topological polar surface area (TPSA) is 80.1 Å². The van der Waals surface area contributed by atoms with E-state index in [9.17, 15) is 22.8 Å². The maximum absolute atomic E-state index is 13.2. The number of nitrogens with zero attached hydrogens (tertiary/aromatic N) is 4. The number of anilines is 1. The van der Waals surface area contributed by atoms with E-state index in [0.29, 0.717) is 30.0 Å². The smallest absolute Gasteiger partial charge is 0.339 e. The zero-order valence-corrected chi connectivity index (χ0v) is 18.8. The number of nitrogens with one attached hydrogen (secondary N) is 1. The first-order chi connectivity index (χ1) is 16.2. The highest BCUT2D eigenvalue weighted by Gasteiger charge is 2.35. The molecule has 0 bridgehead atoms. The minimum absolute atomic E-state index is 0.000592. The van der Waals surface area contributed by atoms with Crippen LogP contribution in [0.1, 0.15) is 64.7 Å². The lowest BCUT2D eigenvalue weighted by molar-refractivity contribution is -0.137. The number of hydrogen-bond donors (Lipinski definition) is 1. The molecule has 4 rings (SSSR count). The number of carbonyl (C=O) groups is 2. The molecule has 0 radical (unpaired) electrons. The molecular weight excluding hydrogens is 447 g/mol. The lowest BCUT2D eigenvalue weighted by Gasteiger charge is -2.18. The van der Waals surface area contributed by atoms with Gasteiger partial charge < -0.3 is 10.2 Å². The molecule has 2 amide bonds. The molecule has 0 aliphatic heterocycles.